The zero-order valence-electron chi connectivity index (χ0n) is 11.0. The van der Waals surface area contributed by atoms with Crippen LogP contribution >= 0.6 is 0 Å². The van der Waals surface area contributed by atoms with Crippen LogP contribution in [0.1, 0.15) is 39.0 Å². The Hall–Kier alpha value is -1.58. The summed E-state index contributed by atoms with van der Waals surface area (Å²) in [5, 5.41) is 6.25. The Balaban J connectivity index is 0.000000509. The first-order chi connectivity index (χ1) is 7.70. The van der Waals surface area contributed by atoms with E-state index < -0.39 is 0 Å². The quantitative estimate of drug-likeness (QED) is 0.746. The molecule has 0 aromatic carbocycles. The molecule has 16 heavy (non-hydrogen) atoms. The molecule has 0 bridgehead atoms. The van der Waals surface area contributed by atoms with Gasteiger partial charge in [-0.15, -0.1) is 0 Å². The van der Waals surface area contributed by atoms with Crippen LogP contribution in [0.2, 0.25) is 0 Å². The van der Waals surface area contributed by atoms with Crippen molar-refractivity contribution in [2.45, 2.75) is 41.5 Å². The predicted octanol–water partition coefficient (Wildman–Crippen LogP) is 2.69. The lowest BCUT2D eigenvalue weighted by molar-refractivity contribution is 0.979. The third-order valence-electron chi connectivity index (χ3n) is 2.09. The predicted molar refractivity (Wildman–Crippen MR) is 68.0 cm³/mol. The first kappa shape index (κ1) is 14.4. The fourth-order valence-electron chi connectivity index (χ4n) is 1.24. The van der Waals surface area contributed by atoms with Crippen molar-refractivity contribution in [2.75, 3.05) is 0 Å². The molecular weight excluding hydrogens is 202 g/mol. The molecule has 0 fully saturated rings. The van der Waals surface area contributed by atoms with Crippen LogP contribution in [0.15, 0.2) is 16.9 Å². The maximum atomic E-state index is 11.2. The van der Waals surface area contributed by atoms with Crippen LogP contribution in [0, 0.1) is 13.8 Å². The Bertz CT molecular complexity index is 482. The third-order valence-corrected chi connectivity index (χ3v) is 2.09. The highest BCUT2D eigenvalue weighted by atomic mass is 16.1. The maximum Gasteiger partial charge on any atom is 0.347 e. The van der Waals surface area contributed by atoms with Gasteiger partial charge in [0.1, 0.15) is 0 Å². The van der Waals surface area contributed by atoms with Gasteiger partial charge in [0.15, 0.2) is 5.65 Å². The fraction of sp³-hybridized carbons (Fsp3) is 0.500. The number of aryl methyl sites for hydroxylation is 2. The largest absolute Gasteiger partial charge is 0.347 e. The summed E-state index contributed by atoms with van der Waals surface area (Å²) in [6.45, 7) is 11.9. The molecule has 0 saturated carbocycles. The van der Waals surface area contributed by atoms with Crippen molar-refractivity contribution in [1.82, 2.24) is 14.6 Å². The number of H-pyrrole nitrogens is 1. The number of rotatable bonds is 0. The van der Waals surface area contributed by atoms with Crippen LogP contribution in [0.25, 0.3) is 5.65 Å². The SMILES string of the molecule is CC.CC.Cc1ccc2n[nH]c(=O)n2c1C. The van der Waals surface area contributed by atoms with Crippen molar-refractivity contribution >= 4 is 5.65 Å². The van der Waals surface area contributed by atoms with E-state index in [1.165, 1.54) is 0 Å². The van der Waals surface area contributed by atoms with E-state index in [-0.39, 0.29) is 5.69 Å². The van der Waals surface area contributed by atoms with E-state index in [1.54, 1.807) is 4.40 Å². The van der Waals surface area contributed by atoms with Crippen molar-refractivity contribution in [2.24, 2.45) is 0 Å². The lowest BCUT2D eigenvalue weighted by atomic mass is 10.2. The molecule has 0 aliphatic heterocycles. The topological polar surface area (TPSA) is 50.2 Å². The standard InChI is InChI=1S/C8H9N3O.2C2H6/c1-5-3-4-7-9-10-8(12)11(7)6(5)2;2*1-2/h3-4H,1-2H3,(H,10,12);2*1-2H3. The molecule has 0 aliphatic rings. The molecule has 0 aliphatic carbocycles. The number of aromatic nitrogens is 3. The van der Waals surface area contributed by atoms with Gasteiger partial charge in [-0.3, -0.25) is 0 Å². The molecule has 0 radical (unpaired) electrons. The van der Waals surface area contributed by atoms with Crippen LogP contribution < -0.4 is 5.69 Å². The Morgan fingerprint density at radius 2 is 1.69 bits per heavy atom. The highest BCUT2D eigenvalue weighted by Gasteiger charge is 2.03. The molecule has 2 aromatic rings. The molecule has 2 heterocycles. The first-order valence-electron chi connectivity index (χ1n) is 5.73. The maximum absolute atomic E-state index is 11.2. The van der Waals surface area contributed by atoms with E-state index in [1.807, 2.05) is 53.7 Å². The highest BCUT2D eigenvalue weighted by Crippen LogP contribution is 2.06. The fourth-order valence-corrected chi connectivity index (χ4v) is 1.24. The smallest absolute Gasteiger partial charge is 0.247 e. The number of aromatic amines is 1. The molecule has 0 spiro atoms. The molecule has 90 valence electrons. The van der Waals surface area contributed by atoms with Crippen molar-refractivity contribution in [1.29, 1.82) is 0 Å². The van der Waals surface area contributed by atoms with Crippen molar-refractivity contribution in [3.05, 3.63) is 33.9 Å². The minimum absolute atomic E-state index is 0.175. The van der Waals surface area contributed by atoms with Crippen LogP contribution in [-0.2, 0) is 0 Å². The van der Waals surface area contributed by atoms with E-state index in [2.05, 4.69) is 10.2 Å². The van der Waals surface area contributed by atoms with E-state index in [4.69, 9.17) is 0 Å². The summed E-state index contributed by atoms with van der Waals surface area (Å²) in [4.78, 5) is 11.2. The zero-order valence-corrected chi connectivity index (χ0v) is 11.0. The molecule has 0 unspecified atom stereocenters. The summed E-state index contributed by atoms with van der Waals surface area (Å²) in [7, 11) is 0. The van der Waals surface area contributed by atoms with E-state index in [0.717, 1.165) is 11.3 Å². The molecule has 1 N–H and O–H groups in total. The molecule has 0 saturated heterocycles. The first-order valence-corrected chi connectivity index (χ1v) is 5.73. The van der Waals surface area contributed by atoms with E-state index in [9.17, 15) is 4.79 Å². The zero-order chi connectivity index (χ0) is 12.7. The molecule has 4 heteroatoms. The molecule has 4 nitrogen and oxygen atoms in total. The molecular formula is C12H21N3O. The molecule has 0 amide bonds. The second kappa shape index (κ2) is 6.82. The Labute approximate surface area is 96.3 Å². The summed E-state index contributed by atoms with van der Waals surface area (Å²) < 4.78 is 1.56. The summed E-state index contributed by atoms with van der Waals surface area (Å²) in [6, 6.07) is 3.77. The van der Waals surface area contributed by atoms with E-state index in [0.29, 0.717) is 5.65 Å². The lowest BCUT2D eigenvalue weighted by Gasteiger charge is -2.00. The molecule has 0 atom stereocenters. The normalized spacial score (nSPS) is 8.88. The Morgan fingerprint density at radius 3 is 2.25 bits per heavy atom. The van der Waals surface area contributed by atoms with Crippen LogP contribution in [-0.4, -0.2) is 14.6 Å². The van der Waals surface area contributed by atoms with Crippen molar-refractivity contribution < 1.29 is 0 Å². The number of hydrogen-bond acceptors (Lipinski definition) is 2. The van der Waals surface area contributed by atoms with Gasteiger partial charge in [0.2, 0.25) is 0 Å². The van der Waals surface area contributed by atoms with Gasteiger partial charge in [-0.2, -0.15) is 5.10 Å². The van der Waals surface area contributed by atoms with Gasteiger partial charge in [0, 0.05) is 5.69 Å². The van der Waals surface area contributed by atoms with Gasteiger partial charge in [-0.1, -0.05) is 33.8 Å². The average Bonchev–Trinajstić information content (AvgIpc) is 2.72. The highest BCUT2D eigenvalue weighted by molar-refractivity contribution is 5.40. The number of pyridine rings is 1. The average molecular weight is 223 g/mol. The van der Waals surface area contributed by atoms with Crippen LogP contribution in [0.5, 0.6) is 0 Å². The summed E-state index contributed by atoms with van der Waals surface area (Å²) in [6.07, 6.45) is 0. The molecule has 2 rings (SSSR count). The number of fused-ring (bicyclic) bond motifs is 1. The van der Waals surface area contributed by atoms with Crippen LogP contribution in [0.3, 0.4) is 0 Å². The second-order valence-corrected chi connectivity index (χ2v) is 2.82. The Kier molecular flexibility index (Phi) is 6.15. The van der Waals surface area contributed by atoms with Gasteiger partial charge in [-0.05, 0) is 25.5 Å². The van der Waals surface area contributed by atoms with Crippen molar-refractivity contribution in [3.63, 3.8) is 0 Å². The van der Waals surface area contributed by atoms with Gasteiger partial charge < -0.3 is 0 Å². The lowest BCUT2D eigenvalue weighted by Crippen LogP contribution is -2.12. The monoisotopic (exact) mass is 223 g/mol. The van der Waals surface area contributed by atoms with Crippen LogP contribution in [0.4, 0.5) is 0 Å². The molecule has 2 aromatic heterocycles. The Morgan fingerprint density at radius 1 is 1.12 bits per heavy atom. The summed E-state index contributed by atoms with van der Waals surface area (Å²) >= 11 is 0. The van der Waals surface area contributed by atoms with E-state index >= 15 is 0 Å². The number of nitrogens with zero attached hydrogens (tertiary/aromatic N) is 2. The minimum atomic E-state index is -0.175. The van der Waals surface area contributed by atoms with Gasteiger partial charge in [0.25, 0.3) is 0 Å². The number of nitrogens with one attached hydrogen (secondary N) is 1. The van der Waals surface area contributed by atoms with Gasteiger partial charge in [0.05, 0.1) is 0 Å². The summed E-state index contributed by atoms with van der Waals surface area (Å²) in [5.41, 5.74) is 2.52. The minimum Gasteiger partial charge on any atom is -0.247 e. The number of hydrogen-bond donors (Lipinski definition) is 1. The van der Waals surface area contributed by atoms with Gasteiger partial charge in [-0.25, -0.2) is 14.3 Å². The van der Waals surface area contributed by atoms with Gasteiger partial charge >= 0.3 is 5.69 Å². The van der Waals surface area contributed by atoms with Crippen molar-refractivity contribution in [3.8, 4) is 0 Å². The third kappa shape index (κ3) is 2.72. The second-order valence-electron chi connectivity index (χ2n) is 2.82. The summed E-state index contributed by atoms with van der Waals surface area (Å²) in [5.74, 6) is 0.